The molecule has 2 aromatic rings. The molecule has 0 saturated heterocycles. The fourth-order valence-corrected chi connectivity index (χ4v) is 5.08. The van der Waals surface area contributed by atoms with Gasteiger partial charge in [-0.15, -0.1) is 11.3 Å². The largest absolute Gasteiger partial charge is 0.309 e. The van der Waals surface area contributed by atoms with Crippen molar-refractivity contribution in [1.29, 1.82) is 0 Å². The lowest BCUT2D eigenvalue weighted by Gasteiger charge is -2.17. The van der Waals surface area contributed by atoms with E-state index in [1.807, 2.05) is 18.4 Å². The van der Waals surface area contributed by atoms with Gasteiger partial charge < -0.3 is 5.32 Å². The Labute approximate surface area is 141 Å². The van der Waals surface area contributed by atoms with Crippen LogP contribution in [0.4, 0.5) is 0 Å². The molecule has 1 aromatic carbocycles. The van der Waals surface area contributed by atoms with Crippen molar-refractivity contribution in [2.75, 3.05) is 7.05 Å². The third-order valence-electron chi connectivity index (χ3n) is 3.86. The molecule has 1 N–H and O–H groups in total. The Morgan fingerprint density at radius 1 is 1.15 bits per heavy atom. The zero-order valence-electron chi connectivity index (χ0n) is 11.4. The quantitative estimate of drug-likeness (QED) is 0.702. The van der Waals surface area contributed by atoms with Gasteiger partial charge in [0, 0.05) is 18.7 Å². The molecular weight excluding hydrogens is 398 g/mol. The smallest absolute Gasteiger partial charge is 0.0680 e. The number of fused-ring (bicyclic) bond motifs is 1. The number of rotatable bonds is 3. The first kappa shape index (κ1) is 14.8. The third-order valence-corrected chi connectivity index (χ3v) is 6.38. The predicted molar refractivity (Wildman–Crippen MR) is 93.7 cm³/mol. The van der Waals surface area contributed by atoms with Crippen LogP contribution in [-0.4, -0.2) is 7.05 Å². The van der Waals surface area contributed by atoms with E-state index in [9.17, 15) is 0 Å². The van der Waals surface area contributed by atoms with Gasteiger partial charge >= 0.3 is 0 Å². The molecule has 0 aliphatic heterocycles. The van der Waals surface area contributed by atoms with Crippen molar-refractivity contribution in [1.82, 2.24) is 5.32 Å². The summed E-state index contributed by atoms with van der Waals surface area (Å²) in [6, 6.07) is 9.05. The van der Waals surface area contributed by atoms with Gasteiger partial charge in [0.05, 0.1) is 6.04 Å². The molecule has 0 bridgehead atoms. The van der Waals surface area contributed by atoms with Crippen LogP contribution in [-0.2, 0) is 12.8 Å². The van der Waals surface area contributed by atoms with E-state index in [2.05, 4.69) is 61.4 Å². The lowest BCUT2D eigenvalue weighted by Crippen LogP contribution is -2.17. The number of hydrogen-bond donors (Lipinski definition) is 1. The summed E-state index contributed by atoms with van der Waals surface area (Å²) < 4.78 is 2.28. The molecule has 0 amide bonds. The second kappa shape index (κ2) is 6.30. The van der Waals surface area contributed by atoms with Crippen LogP contribution in [0.3, 0.4) is 0 Å². The third kappa shape index (κ3) is 2.89. The van der Waals surface area contributed by atoms with Gasteiger partial charge in [-0.2, -0.15) is 0 Å². The highest BCUT2D eigenvalue weighted by Gasteiger charge is 2.21. The molecule has 1 aliphatic rings. The Balaban J connectivity index is 2.01. The molecule has 0 fully saturated rings. The van der Waals surface area contributed by atoms with Crippen LogP contribution in [0.5, 0.6) is 0 Å². The normalized spacial score (nSPS) is 15.9. The second-order valence-corrected chi connectivity index (χ2v) is 8.13. The molecule has 0 radical (unpaired) electrons. The fourth-order valence-electron chi connectivity index (χ4n) is 2.84. The van der Waals surface area contributed by atoms with Gasteiger partial charge in [0.25, 0.3) is 0 Å². The standard InChI is InChI=1S/C16H17Br2NS/c1-19-16(12-9-11(17)6-7-13(12)18)15-8-10-4-2-3-5-14(10)20-15/h6-9,16,19H,2-5H2,1H3. The first-order valence-electron chi connectivity index (χ1n) is 6.92. The van der Waals surface area contributed by atoms with Gasteiger partial charge in [-0.05, 0) is 68.1 Å². The molecule has 1 aliphatic carbocycles. The van der Waals surface area contributed by atoms with E-state index in [4.69, 9.17) is 0 Å². The maximum atomic E-state index is 3.68. The zero-order valence-corrected chi connectivity index (χ0v) is 15.4. The Morgan fingerprint density at radius 2 is 1.95 bits per heavy atom. The summed E-state index contributed by atoms with van der Waals surface area (Å²) in [4.78, 5) is 3.02. The predicted octanol–water partition coefficient (Wildman–Crippen LogP) is 5.46. The molecule has 1 heterocycles. The maximum Gasteiger partial charge on any atom is 0.0680 e. The summed E-state index contributed by atoms with van der Waals surface area (Å²) in [6.07, 6.45) is 5.20. The average molecular weight is 415 g/mol. The molecule has 20 heavy (non-hydrogen) atoms. The molecule has 1 unspecified atom stereocenters. The minimum Gasteiger partial charge on any atom is -0.309 e. The number of hydrogen-bond acceptors (Lipinski definition) is 2. The molecule has 106 valence electrons. The number of thiophene rings is 1. The van der Waals surface area contributed by atoms with Crippen LogP contribution in [0.1, 0.15) is 39.8 Å². The zero-order chi connectivity index (χ0) is 14.1. The number of halogens is 2. The van der Waals surface area contributed by atoms with Crippen LogP contribution < -0.4 is 5.32 Å². The summed E-state index contributed by atoms with van der Waals surface area (Å²) in [5.41, 5.74) is 2.86. The van der Waals surface area contributed by atoms with Gasteiger partial charge in [-0.1, -0.05) is 31.9 Å². The summed E-state index contributed by atoms with van der Waals surface area (Å²) in [7, 11) is 2.04. The van der Waals surface area contributed by atoms with Gasteiger partial charge in [0.15, 0.2) is 0 Å². The van der Waals surface area contributed by atoms with Gasteiger partial charge in [0.2, 0.25) is 0 Å². The molecule has 4 heteroatoms. The van der Waals surface area contributed by atoms with E-state index in [-0.39, 0.29) is 6.04 Å². The highest BCUT2D eigenvalue weighted by molar-refractivity contribution is 9.11. The lowest BCUT2D eigenvalue weighted by molar-refractivity contribution is 0.690. The number of nitrogens with one attached hydrogen (secondary N) is 1. The SMILES string of the molecule is CNC(c1cc2c(s1)CCCC2)c1cc(Br)ccc1Br. The van der Waals surface area contributed by atoms with Crippen molar-refractivity contribution < 1.29 is 0 Å². The molecular formula is C16H17Br2NS. The van der Waals surface area contributed by atoms with Crippen LogP contribution in [0.2, 0.25) is 0 Å². The molecule has 1 aromatic heterocycles. The Morgan fingerprint density at radius 3 is 2.70 bits per heavy atom. The fraction of sp³-hybridized carbons (Fsp3) is 0.375. The minimum absolute atomic E-state index is 0.262. The van der Waals surface area contributed by atoms with E-state index in [0.717, 1.165) is 8.95 Å². The Hall–Kier alpha value is -0.160. The minimum atomic E-state index is 0.262. The van der Waals surface area contributed by atoms with Gasteiger partial charge in [-0.3, -0.25) is 0 Å². The van der Waals surface area contributed by atoms with Gasteiger partial charge in [-0.25, -0.2) is 0 Å². The molecule has 0 saturated carbocycles. The van der Waals surface area contributed by atoms with E-state index in [0.29, 0.717) is 0 Å². The summed E-state index contributed by atoms with van der Waals surface area (Å²) in [5.74, 6) is 0. The number of aryl methyl sites for hydroxylation is 2. The molecule has 3 rings (SSSR count). The Kier molecular flexibility index (Phi) is 4.65. The average Bonchev–Trinajstić information content (AvgIpc) is 2.87. The van der Waals surface area contributed by atoms with Crippen molar-refractivity contribution in [3.05, 3.63) is 54.1 Å². The van der Waals surface area contributed by atoms with E-state index >= 15 is 0 Å². The Bertz CT molecular complexity index is 597. The van der Waals surface area contributed by atoms with Gasteiger partial charge in [0.1, 0.15) is 0 Å². The van der Waals surface area contributed by atoms with Crippen molar-refractivity contribution >= 4 is 43.2 Å². The van der Waals surface area contributed by atoms with E-state index in [1.165, 1.54) is 36.1 Å². The van der Waals surface area contributed by atoms with E-state index in [1.54, 1.807) is 10.4 Å². The highest BCUT2D eigenvalue weighted by Crippen LogP contribution is 2.37. The molecule has 0 spiro atoms. The monoisotopic (exact) mass is 413 g/mol. The maximum absolute atomic E-state index is 3.68. The van der Waals surface area contributed by atoms with Crippen LogP contribution in [0.25, 0.3) is 0 Å². The molecule has 1 nitrogen and oxygen atoms in total. The summed E-state index contributed by atoms with van der Waals surface area (Å²) in [6.45, 7) is 0. The van der Waals surface area contributed by atoms with Crippen LogP contribution in [0, 0.1) is 0 Å². The van der Waals surface area contributed by atoms with Crippen molar-refractivity contribution in [2.45, 2.75) is 31.7 Å². The van der Waals surface area contributed by atoms with Crippen molar-refractivity contribution in [3.8, 4) is 0 Å². The van der Waals surface area contributed by atoms with Crippen LogP contribution in [0.15, 0.2) is 33.2 Å². The first-order chi connectivity index (χ1) is 9.69. The van der Waals surface area contributed by atoms with E-state index < -0.39 is 0 Å². The lowest BCUT2D eigenvalue weighted by atomic mass is 9.98. The van der Waals surface area contributed by atoms with Crippen molar-refractivity contribution in [2.24, 2.45) is 0 Å². The topological polar surface area (TPSA) is 12.0 Å². The number of benzene rings is 1. The molecule has 1 atom stereocenters. The summed E-state index contributed by atoms with van der Waals surface area (Å²) >= 11 is 9.24. The van der Waals surface area contributed by atoms with Crippen molar-refractivity contribution in [3.63, 3.8) is 0 Å². The highest BCUT2D eigenvalue weighted by atomic mass is 79.9. The first-order valence-corrected chi connectivity index (χ1v) is 9.33. The summed E-state index contributed by atoms with van der Waals surface area (Å²) in [5, 5.41) is 3.47. The van der Waals surface area contributed by atoms with Crippen LogP contribution >= 0.6 is 43.2 Å². The second-order valence-electron chi connectivity index (χ2n) is 5.19.